The minimum atomic E-state index is -1.06. The van der Waals surface area contributed by atoms with Crippen LogP contribution in [0.4, 0.5) is 4.79 Å². The van der Waals surface area contributed by atoms with Gasteiger partial charge in [0.25, 0.3) is 5.91 Å². The number of benzene rings is 1. The van der Waals surface area contributed by atoms with Crippen LogP contribution in [0.5, 0.6) is 0 Å². The number of hydrogen-bond acceptors (Lipinski definition) is 4. The van der Waals surface area contributed by atoms with Gasteiger partial charge in [-0.3, -0.25) is 14.9 Å². The van der Waals surface area contributed by atoms with Crippen LogP contribution in [0.1, 0.15) is 25.0 Å². The molecule has 126 valence electrons. The molecule has 1 fully saturated rings. The fourth-order valence-electron chi connectivity index (χ4n) is 2.17. The first-order valence-corrected chi connectivity index (χ1v) is 7.07. The Kier molecular flexibility index (Phi) is 6.12. The van der Waals surface area contributed by atoms with Crippen molar-refractivity contribution in [1.29, 1.82) is 0 Å². The zero-order chi connectivity index (χ0) is 16.3. The maximum Gasteiger partial charge on any atom is 0.322 e. The van der Waals surface area contributed by atoms with Crippen LogP contribution in [0.15, 0.2) is 24.3 Å². The topological polar surface area (TPSA) is 113 Å². The summed E-state index contributed by atoms with van der Waals surface area (Å²) in [5, 5.41) is 7.62. The van der Waals surface area contributed by atoms with E-state index in [1.54, 1.807) is 26.0 Å². The maximum atomic E-state index is 11.9. The first kappa shape index (κ1) is 18.9. The van der Waals surface area contributed by atoms with Crippen molar-refractivity contribution >= 4 is 30.3 Å². The summed E-state index contributed by atoms with van der Waals surface area (Å²) in [5.74, 6) is -0.702. The summed E-state index contributed by atoms with van der Waals surface area (Å²) < 4.78 is 0. The third-order valence-electron chi connectivity index (χ3n) is 3.84. The van der Waals surface area contributed by atoms with Gasteiger partial charge >= 0.3 is 6.03 Å². The molecule has 0 spiro atoms. The van der Waals surface area contributed by atoms with Gasteiger partial charge in [0, 0.05) is 19.0 Å². The number of nitrogens with two attached hydrogens (primary N) is 1. The van der Waals surface area contributed by atoms with Crippen molar-refractivity contribution in [2.24, 2.45) is 11.7 Å². The van der Waals surface area contributed by atoms with E-state index >= 15 is 0 Å². The molecule has 0 aromatic heterocycles. The molecule has 0 saturated carbocycles. The van der Waals surface area contributed by atoms with Gasteiger partial charge in [-0.25, -0.2) is 4.79 Å². The molecule has 1 aliphatic heterocycles. The van der Waals surface area contributed by atoms with Gasteiger partial charge < -0.3 is 16.4 Å². The summed E-state index contributed by atoms with van der Waals surface area (Å²) in [5.41, 5.74) is 5.95. The average molecular weight is 341 g/mol. The molecule has 8 heteroatoms. The number of carbonyl (C=O) groups excluding carboxylic acids is 3. The molecule has 4 amide bonds. The highest BCUT2D eigenvalue weighted by Gasteiger charge is 2.43. The molecular weight excluding hydrogens is 320 g/mol. The van der Waals surface area contributed by atoms with E-state index in [1.807, 2.05) is 12.1 Å². The molecule has 0 bridgehead atoms. The van der Waals surface area contributed by atoms with Crippen LogP contribution in [0.3, 0.4) is 0 Å². The van der Waals surface area contributed by atoms with E-state index in [0.717, 1.165) is 5.56 Å². The Morgan fingerprint density at radius 1 is 1.30 bits per heavy atom. The third kappa shape index (κ3) is 4.00. The van der Waals surface area contributed by atoms with Gasteiger partial charge in [0.15, 0.2) is 0 Å². The first-order valence-electron chi connectivity index (χ1n) is 7.07. The van der Waals surface area contributed by atoms with Gasteiger partial charge in [-0.05, 0) is 18.1 Å². The number of nitrogens with one attached hydrogen (secondary N) is 3. The molecule has 1 aromatic rings. The van der Waals surface area contributed by atoms with Gasteiger partial charge in [-0.1, -0.05) is 31.2 Å². The predicted octanol–water partition coefficient (Wildman–Crippen LogP) is 0.374. The quantitative estimate of drug-likeness (QED) is 0.580. The van der Waals surface area contributed by atoms with E-state index in [0.29, 0.717) is 18.7 Å². The standard InChI is InChI=1S/C15H20N4O3.ClH/c1-9(7-16)12(20)17-8-10-3-5-11(6-4-10)15(2)13(21)18-14(22)19-15;/h3-6,9H,7-8,16H2,1-2H3,(H,17,20)(H2,18,19,21,22);1H. The summed E-state index contributed by atoms with van der Waals surface area (Å²) >= 11 is 0. The molecule has 1 saturated heterocycles. The average Bonchev–Trinajstić information content (AvgIpc) is 2.78. The summed E-state index contributed by atoms with van der Waals surface area (Å²) in [7, 11) is 0. The van der Waals surface area contributed by atoms with E-state index in [-0.39, 0.29) is 30.1 Å². The van der Waals surface area contributed by atoms with Gasteiger partial charge in [-0.2, -0.15) is 0 Å². The van der Waals surface area contributed by atoms with Gasteiger partial charge in [0.1, 0.15) is 5.54 Å². The van der Waals surface area contributed by atoms with E-state index in [4.69, 9.17) is 5.73 Å². The molecule has 1 heterocycles. The fraction of sp³-hybridized carbons (Fsp3) is 0.400. The Balaban J connectivity index is 0.00000264. The smallest absolute Gasteiger partial charge is 0.322 e. The van der Waals surface area contributed by atoms with Gasteiger partial charge in [0.2, 0.25) is 5.91 Å². The van der Waals surface area contributed by atoms with E-state index in [2.05, 4.69) is 16.0 Å². The Hall–Kier alpha value is -2.12. The Labute approximate surface area is 140 Å². The molecular formula is C15H21ClN4O3. The second kappa shape index (κ2) is 7.43. The molecule has 0 aliphatic carbocycles. The molecule has 7 nitrogen and oxygen atoms in total. The molecule has 2 rings (SSSR count). The highest BCUT2D eigenvalue weighted by Crippen LogP contribution is 2.24. The van der Waals surface area contributed by atoms with Crippen LogP contribution in [0.25, 0.3) is 0 Å². The normalized spacial score (nSPS) is 21.0. The van der Waals surface area contributed by atoms with Crippen molar-refractivity contribution in [3.8, 4) is 0 Å². The molecule has 2 unspecified atom stereocenters. The van der Waals surface area contributed by atoms with E-state index in [9.17, 15) is 14.4 Å². The van der Waals surface area contributed by atoms with Gasteiger partial charge in [-0.15, -0.1) is 12.4 Å². The number of halogens is 1. The van der Waals surface area contributed by atoms with E-state index < -0.39 is 11.6 Å². The molecule has 1 aromatic carbocycles. The lowest BCUT2D eigenvalue weighted by molar-refractivity contribution is -0.124. The lowest BCUT2D eigenvalue weighted by Crippen LogP contribution is -2.40. The zero-order valence-corrected chi connectivity index (χ0v) is 13.8. The van der Waals surface area contributed by atoms with Crippen LogP contribution < -0.4 is 21.7 Å². The van der Waals surface area contributed by atoms with Crippen LogP contribution >= 0.6 is 12.4 Å². The Morgan fingerprint density at radius 2 is 1.91 bits per heavy atom. The van der Waals surface area contributed by atoms with Crippen LogP contribution in [0.2, 0.25) is 0 Å². The number of hydrogen-bond donors (Lipinski definition) is 4. The lowest BCUT2D eigenvalue weighted by atomic mass is 9.91. The molecule has 2 atom stereocenters. The number of amides is 4. The van der Waals surface area contributed by atoms with Crippen LogP contribution in [-0.2, 0) is 21.7 Å². The molecule has 5 N–H and O–H groups in total. The van der Waals surface area contributed by atoms with Gasteiger partial charge in [0.05, 0.1) is 0 Å². The number of rotatable bonds is 5. The number of urea groups is 1. The summed E-state index contributed by atoms with van der Waals surface area (Å²) in [4.78, 5) is 34.8. The fourth-order valence-corrected chi connectivity index (χ4v) is 2.17. The SMILES string of the molecule is CC(CN)C(=O)NCc1ccc(C2(C)NC(=O)NC2=O)cc1.Cl. The minimum Gasteiger partial charge on any atom is -0.352 e. The lowest BCUT2D eigenvalue weighted by Gasteiger charge is -2.21. The highest BCUT2D eigenvalue weighted by atomic mass is 35.5. The van der Waals surface area contributed by atoms with Crippen molar-refractivity contribution in [3.63, 3.8) is 0 Å². The summed E-state index contributed by atoms with van der Waals surface area (Å²) in [6, 6.07) is 6.65. The summed E-state index contributed by atoms with van der Waals surface area (Å²) in [6.07, 6.45) is 0. The second-order valence-electron chi connectivity index (χ2n) is 5.58. The van der Waals surface area contributed by atoms with Crippen molar-refractivity contribution in [1.82, 2.24) is 16.0 Å². The molecule has 23 heavy (non-hydrogen) atoms. The Morgan fingerprint density at radius 3 is 2.39 bits per heavy atom. The molecule has 1 aliphatic rings. The third-order valence-corrected chi connectivity index (χ3v) is 3.84. The van der Waals surface area contributed by atoms with Crippen molar-refractivity contribution in [3.05, 3.63) is 35.4 Å². The highest BCUT2D eigenvalue weighted by molar-refractivity contribution is 6.07. The zero-order valence-electron chi connectivity index (χ0n) is 13.0. The maximum absolute atomic E-state index is 11.9. The molecule has 0 radical (unpaired) electrons. The largest absolute Gasteiger partial charge is 0.352 e. The van der Waals surface area contributed by atoms with Crippen molar-refractivity contribution < 1.29 is 14.4 Å². The minimum absolute atomic E-state index is 0. The number of carbonyl (C=O) groups is 3. The van der Waals surface area contributed by atoms with E-state index in [1.165, 1.54) is 0 Å². The predicted molar refractivity (Wildman–Crippen MR) is 87.8 cm³/mol. The first-order chi connectivity index (χ1) is 10.4. The Bertz CT molecular complexity index is 605. The van der Waals surface area contributed by atoms with Crippen molar-refractivity contribution in [2.45, 2.75) is 25.9 Å². The summed E-state index contributed by atoms with van der Waals surface area (Å²) in [6.45, 7) is 4.10. The van der Waals surface area contributed by atoms with Crippen LogP contribution in [-0.4, -0.2) is 24.4 Å². The van der Waals surface area contributed by atoms with Crippen molar-refractivity contribution in [2.75, 3.05) is 6.54 Å². The van der Waals surface area contributed by atoms with Crippen LogP contribution in [0, 0.1) is 5.92 Å². The second-order valence-corrected chi connectivity index (χ2v) is 5.58. The monoisotopic (exact) mass is 340 g/mol. The number of imide groups is 1.